The van der Waals surface area contributed by atoms with Crippen molar-refractivity contribution in [2.24, 2.45) is 0 Å². The molecule has 1 amide bonds. The highest BCUT2D eigenvalue weighted by Crippen LogP contribution is 2.29. The minimum Gasteiger partial charge on any atom is -0.481 e. The zero-order chi connectivity index (χ0) is 16.0. The van der Waals surface area contributed by atoms with Crippen LogP contribution in [0.3, 0.4) is 0 Å². The molecular weight excluding hydrogens is 266 g/mol. The van der Waals surface area contributed by atoms with Gasteiger partial charge in [-0.2, -0.15) is 0 Å². The van der Waals surface area contributed by atoms with E-state index in [-0.39, 0.29) is 12.3 Å². The van der Waals surface area contributed by atoms with Crippen LogP contribution in [0.5, 0.6) is 0 Å². The number of carboxylic acids is 1. The smallest absolute Gasteiger partial charge is 0.314 e. The molecule has 114 valence electrons. The number of hydrogen-bond donors (Lipinski definition) is 1. The van der Waals surface area contributed by atoms with Gasteiger partial charge in [-0.15, -0.1) is 0 Å². The molecule has 21 heavy (non-hydrogen) atoms. The lowest BCUT2D eigenvalue weighted by Gasteiger charge is -2.29. The number of carbonyl (C=O) groups is 2. The number of hydrogen-bond acceptors (Lipinski definition) is 2. The predicted octanol–water partition coefficient (Wildman–Crippen LogP) is 2.84. The van der Waals surface area contributed by atoms with Crippen molar-refractivity contribution in [1.29, 1.82) is 0 Å². The van der Waals surface area contributed by atoms with Crippen molar-refractivity contribution in [3.05, 3.63) is 48.0 Å². The Hall–Kier alpha value is -2.10. The molecule has 1 atom stereocenters. The van der Waals surface area contributed by atoms with Crippen molar-refractivity contribution in [3.63, 3.8) is 0 Å². The summed E-state index contributed by atoms with van der Waals surface area (Å²) in [6.45, 7) is 10.1. The van der Waals surface area contributed by atoms with Crippen LogP contribution < -0.4 is 0 Å². The SMILES string of the molecule is C=C(C)CN(CC)C(=O)CC(C)(C(=O)O)c1ccccc1. The van der Waals surface area contributed by atoms with Crippen LogP contribution in [0.2, 0.25) is 0 Å². The van der Waals surface area contributed by atoms with Crippen LogP contribution in [0.4, 0.5) is 0 Å². The van der Waals surface area contributed by atoms with Gasteiger partial charge in [0, 0.05) is 19.5 Å². The summed E-state index contributed by atoms with van der Waals surface area (Å²) in [5, 5.41) is 9.58. The van der Waals surface area contributed by atoms with Crippen molar-refractivity contribution in [2.75, 3.05) is 13.1 Å². The molecule has 4 nitrogen and oxygen atoms in total. The van der Waals surface area contributed by atoms with E-state index < -0.39 is 11.4 Å². The first kappa shape index (κ1) is 17.0. The van der Waals surface area contributed by atoms with Crippen molar-refractivity contribution < 1.29 is 14.7 Å². The topological polar surface area (TPSA) is 57.6 Å². The summed E-state index contributed by atoms with van der Waals surface area (Å²) >= 11 is 0. The van der Waals surface area contributed by atoms with Gasteiger partial charge in [-0.3, -0.25) is 9.59 Å². The summed E-state index contributed by atoms with van der Waals surface area (Å²) in [7, 11) is 0. The highest BCUT2D eigenvalue weighted by molar-refractivity contribution is 5.89. The van der Waals surface area contributed by atoms with E-state index in [1.165, 1.54) is 0 Å². The zero-order valence-electron chi connectivity index (χ0n) is 12.9. The molecule has 1 aromatic carbocycles. The summed E-state index contributed by atoms with van der Waals surface area (Å²) < 4.78 is 0. The van der Waals surface area contributed by atoms with Gasteiger partial charge in [0.2, 0.25) is 5.91 Å². The van der Waals surface area contributed by atoms with Crippen molar-refractivity contribution >= 4 is 11.9 Å². The third-order valence-electron chi connectivity index (χ3n) is 3.58. The number of amides is 1. The summed E-state index contributed by atoms with van der Waals surface area (Å²) in [6.07, 6.45) is -0.0620. The molecule has 0 radical (unpaired) electrons. The highest BCUT2D eigenvalue weighted by Gasteiger charge is 2.38. The average Bonchev–Trinajstić information content (AvgIpc) is 2.44. The van der Waals surface area contributed by atoms with Gasteiger partial charge < -0.3 is 10.0 Å². The first-order valence-electron chi connectivity index (χ1n) is 7.02. The molecule has 1 aromatic rings. The second-order valence-corrected chi connectivity index (χ2v) is 5.55. The van der Waals surface area contributed by atoms with Gasteiger partial charge in [0.1, 0.15) is 0 Å². The largest absolute Gasteiger partial charge is 0.481 e. The molecule has 4 heteroatoms. The first-order chi connectivity index (χ1) is 9.81. The number of likely N-dealkylation sites (N-methyl/N-ethyl adjacent to an activating group) is 1. The second kappa shape index (κ2) is 7.07. The average molecular weight is 289 g/mol. The standard InChI is InChI=1S/C17H23NO3/c1-5-18(12-13(2)3)15(19)11-17(4,16(20)21)14-9-7-6-8-10-14/h6-10H,2,5,11-12H2,1,3-4H3,(H,20,21). The van der Waals surface area contributed by atoms with Crippen LogP contribution in [0.1, 0.15) is 32.8 Å². The van der Waals surface area contributed by atoms with E-state index in [0.29, 0.717) is 18.7 Å². The molecule has 0 saturated carbocycles. The van der Waals surface area contributed by atoms with Crippen LogP contribution in [-0.2, 0) is 15.0 Å². The van der Waals surface area contributed by atoms with Gasteiger partial charge in [0.15, 0.2) is 0 Å². The van der Waals surface area contributed by atoms with Gasteiger partial charge in [-0.1, -0.05) is 42.5 Å². The molecule has 0 aromatic heterocycles. The molecule has 0 heterocycles. The Labute approximate surface area is 126 Å². The number of rotatable bonds is 7. The first-order valence-corrected chi connectivity index (χ1v) is 7.02. The van der Waals surface area contributed by atoms with Crippen molar-refractivity contribution in [2.45, 2.75) is 32.6 Å². The number of nitrogens with zero attached hydrogens (tertiary/aromatic N) is 1. The van der Waals surface area contributed by atoms with Gasteiger partial charge in [0.25, 0.3) is 0 Å². The Bertz CT molecular complexity index is 524. The van der Waals surface area contributed by atoms with E-state index in [1.807, 2.05) is 19.9 Å². The van der Waals surface area contributed by atoms with Crippen LogP contribution in [0.25, 0.3) is 0 Å². The molecule has 0 spiro atoms. The molecule has 1 N–H and O–H groups in total. The van der Waals surface area contributed by atoms with Crippen LogP contribution in [-0.4, -0.2) is 35.0 Å². The Morgan fingerprint density at radius 1 is 1.29 bits per heavy atom. The lowest BCUT2D eigenvalue weighted by Crippen LogP contribution is -2.41. The Kier molecular flexibility index (Phi) is 5.70. The fourth-order valence-corrected chi connectivity index (χ4v) is 2.22. The predicted molar refractivity (Wildman–Crippen MR) is 83.1 cm³/mol. The van der Waals surface area contributed by atoms with Gasteiger partial charge in [-0.05, 0) is 26.3 Å². The van der Waals surface area contributed by atoms with Gasteiger partial charge in [0.05, 0.1) is 5.41 Å². The summed E-state index contributed by atoms with van der Waals surface area (Å²) in [4.78, 5) is 25.8. The maximum atomic E-state index is 12.4. The van der Waals surface area contributed by atoms with E-state index in [4.69, 9.17) is 0 Å². The summed E-state index contributed by atoms with van der Waals surface area (Å²) in [6, 6.07) is 8.89. The number of carbonyl (C=O) groups excluding carboxylic acids is 1. The third kappa shape index (κ3) is 4.18. The molecular formula is C17H23NO3. The Morgan fingerprint density at radius 2 is 1.86 bits per heavy atom. The fourth-order valence-electron chi connectivity index (χ4n) is 2.22. The maximum Gasteiger partial charge on any atom is 0.314 e. The lowest BCUT2D eigenvalue weighted by atomic mass is 9.79. The van der Waals surface area contributed by atoms with Gasteiger partial charge in [-0.25, -0.2) is 0 Å². The van der Waals surface area contributed by atoms with Crippen LogP contribution in [0, 0.1) is 0 Å². The van der Waals surface area contributed by atoms with Crippen LogP contribution in [0.15, 0.2) is 42.5 Å². The lowest BCUT2D eigenvalue weighted by molar-refractivity contribution is -0.147. The number of benzene rings is 1. The minimum atomic E-state index is -1.22. The quantitative estimate of drug-likeness (QED) is 0.785. The van der Waals surface area contributed by atoms with Crippen LogP contribution >= 0.6 is 0 Å². The normalized spacial score (nSPS) is 13.3. The van der Waals surface area contributed by atoms with Gasteiger partial charge >= 0.3 is 5.97 Å². The summed E-state index contributed by atoms with van der Waals surface area (Å²) in [5.41, 5.74) is 0.292. The monoisotopic (exact) mass is 289 g/mol. The number of aliphatic carboxylic acids is 1. The third-order valence-corrected chi connectivity index (χ3v) is 3.58. The molecule has 0 fully saturated rings. The van der Waals surface area contributed by atoms with E-state index in [9.17, 15) is 14.7 Å². The van der Waals surface area contributed by atoms with E-state index in [1.54, 1.807) is 36.1 Å². The molecule has 0 bridgehead atoms. The Morgan fingerprint density at radius 3 is 2.29 bits per heavy atom. The van der Waals surface area contributed by atoms with E-state index in [2.05, 4.69) is 6.58 Å². The molecule has 1 unspecified atom stereocenters. The molecule has 0 aliphatic carbocycles. The minimum absolute atomic E-state index is 0.0620. The highest BCUT2D eigenvalue weighted by atomic mass is 16.4. The molecule has 0 aliphatic rings. The van der Waals surface area contributed by atoms with E-state index in [0.717, 1.165) is 5.57 Å². The summed E-state index contributed by atoms with van der Waals surface area (Å²) in [5.74, 6) is -1.16. The second-order valence-electron chi connectivity index (χ2n) is 5.55. The van der Waals surface area contributed by atoms with Crippen molar-refractivity contribution in [1.82, 2.24) is 4.90 Å². The Balaban J connectivity index is 3.01. The maximum absolute atomic E-state index is 12.4. The number of carboxylic acid groups (broad SMARTS) is 1. The molecule has 0 aliphatic heterocycles. The van der Waals surface area contributed by atoms with E-state index >= 15 is 0 Å². The van der Waals surface area contributed by atoms with Crippen molar-refractivity contribution in [3.8, 4) is 0 Å². The fraction of sp³-hybridized carbons (Fsp3) is 0.412. The zero-order valence-corrected chi connectivity index (χ0v) is 12.9. The molecule has 0 saturated heterocycles. The molecule has 1 rings (SSSR count).